The summed E-state index contributed by atoms with van der Waals surface area (Å²) in [5, 5.41) is 26.2. The molecule has 0 amide bonds. The zero-order valence-corrected chi connectivity index (χ0v) is 8.87. The molecule has 0 aliphatic rings. The minimum absolute atomic E-state index is 0.0380. The lowest BCUT2D eigenvalue weighted by Gasteiger charge is -2.12. The molecule has 92 valence electrons. The molecule has 1 rings (SSSR count). The van der Waals surface area contributed by atoms with Gasteiger partial charge in [0.1, 0.15) is 6.10 Å². The molecule has 3 N–H and O–H groups in total. The number of carboxylic acids is 1. The number of hydrogen-bond acceptors (Lipinski definition) is 5. The van der Waals surface area contributed by atoms with Crippen molar-refractivity contribution < 1.29 is 29.6 Å². The van der Waals surface area contributed by atoms with Crippen molar-refractivity contribution in [2.45, 2.75) is 6.10 Å². The summed E-state index contributed by atoms with van der Waals surface area (Å²) in [6.07, 6.45) is -1.00. The Bertz CT molecular complexity index is 410. The second-order valence-corrected chi connectivity index (χ2v) is 3.28. The standard InChI is InChI=1S/C11H12O6/c12-5-9(6-13)17-11(16)8-3-1-2-7(4-8)10(14)15/h1-4,9,12-13H,5-6H2,(H,14,15). The maximum atomic E-state index is 11.5. The van der Waals surface area contributed by atoms with E-state index in [4.69, 9.17) is 20.1 Å². The summed E-state index contributed by atoms with van der Waals surface area (Å²) >= 11 is 0. The highest BCUT2D eigenvalue weighted by molar-refractivity contribution is 5.94. The topological polar surface area (TPSA) is 104 Å². The van der Waals surface area contributed by atoms with Gasteiger partial charge in [0.25, 0.3) is 0 Å². The van der Waals surface area contributed by atoms with E-state index in [2.05, 4.69) is 0 Å². The maximum absolute atomic E-state index is 11.5. The van der Waals surface area contributed by atoms with Crippen LogP contribution in [0, 0.1) is 0 Å². The molecule has 0 atom stereocenters. The summed E-state index contributed by atoms with van der Waals surface area (Å²) in [5.41, 5.74) is 0.0146. The summed E-state index contributed by atoms with van der Waals surface area (Å²) in [7, 11) is 0. The summed E-state index contributed by atoms with van der Waals surface area (Å²) in [6.45, 7) is -0.998. The highest BCUT2D eigenvalue weighted by Crippen LogP contribution is 2.08. The van der Waals surface area contributed by atoms with Gasteiger partial charge >= 0.3 is 11.9 Å². The largest absolute Gasteiger partial charge is 0.478 e. The van der Waals surface area contributed by atoms with Crippen molar-refractivity contribution >= 4 is 11.9 Å². The molecule has 0 spiro atoms. The molecule has 1 aromatic carbocycles. The monoisotopic (exact) mass is 240 g/mol. The van der Waals surface area contributed by atoms with E-state index in [9.17, 15) is 9.59 Å². The van der Waals surface area contributed by atoms with E-state index in [1.807, 2.05) is 0 Å². The normalized spacial score (nSPS) is 10.3. The third kappa shape index (κ3) is 3.54. The van der Waals surface area contributed by atoms with E-state index in [0.29, 0.717) is 0 Å². The zero-order chi connectivity index (χ0) is 12.8. The van der Waals surface area contributed by atoms with E-state index in [1.165, 1.54) is 18.2 Å². The molecular weight excluding hydrogens is 228 g/mol. The third-order valence-electron chi connectivity index (χ3n) is 2.03. The van der Waals surface area contributed by atoms with Gasteiger partial charge in [0.2, 0.25) is 0 Å². The number of rotatable bonds is 5. The molecule has 0 aliphatic carbocycles. The number of carboxylic acid groups (broad SMARTS) is 1. The number of hydrogen-bond donors (Lipinski definition) is 3. The second-order valence-electron chi connectivity index (χ2n) is 3.28. The van der Waals surface area contributed by atoms with Crippen LogP contribution in [0.3, 0.4) is 0 Å². The third-order valence-corrected chi connectivity index (χ3v) is 2.03. The van der Waals surface area contributed by atoms with Crippen LogP contribution in [0.4, 0.5) is 0 Å². The van der Waals surface area contributed by atoms with E-state index in [-0.39, 0.29) is 11.1 Å². The van der Waals surface area contributed by atoms with E-state index < -0.39 is 31.3 Å². The molecule has 0 saturated carbocycles. The fraction of sp³-hybridized carbons (Fsp3) is 0.273. The van der Waals surface area contributed by atoms with E-state index in [0.717, 1.165) is 6.07 Å². The fourth-order valence-electron chi connectivity index (χ4n) is 1.13. The summed E-state index contributed by atoms with van der Waals surface area (Å²) < 4.78 is 4.74. The predicted octanol–water partition coefficient (Wildman–Crippen LogP) is -0.105. The number of aromatic carboxylic acids is 1. The average Bonchev–Trinajstić information content (AvgIpc) is 2.35. The molecule has 1 aromatic rings. The van der Waals surface area contributed by atoms with Crippen molar-refractivity contribution in [3.63, 3.8) is 0 Å². The number of benzene rings is 1. The van der Waals surface area contributed by atoms with Crippen molar-refractivity contribution in [1.82, 2.24) is 0 Å². The fourth-order valence-corrected chi connectivity index (χ4v) is 1.13. The SMILES string of the molecule is O=C(O)c1cccc(C(=O)OC(CO)CO)c1. The molecule has 0 aromatic heterocycles. The maximum Gasteiger partial charge on any atom is 0.338 e. The predicted molar refractivity (Wildman–Crippen MR) is 56.8 cm³/mol. The van der Waals surface area contributed by atoms with Gasteiger partial charge in [-0.15, -0.1) is 0 Å². The van der Waals surface area contributed by atoms with E-state index in [1.54, 1.807) is 0 Å². The highest BCUT2D eigenvalue weighted by atomic mass is 16.6. The Morgan fingerprint density at radius 1 is 1.18 bits per heavy atom. The Balaban J connectivity index is 2.82. The van der Waals surface area contributed by atoms with Crippen molar-refractivity contribution in [1.29, 1.82) is 0 Å². The highest BCUT2D eigenvalue weighted by Gasteiger charge is 2.15. The van der Waals surface area contributed by atoms with Crippen molar-refractivity contribution in [2.24, 2.45) is 0 Å². The summed E-state index contributed by atoms with van der Waals surface area (Å²) in [4.78, 5) is 22.2. The Morgan fingerprint density at radius 2 is 1.76 bits per heavy atom. The first-order valence-electron chi connectivity index (χ1n) is 4.84. The average molecular weight is 240 g/mol. The lowest BCUT2D eigenvalue weighted by molar-refractivity contribution is -0.00545. The molecule has 0 aliphatic heterocycles. The quantitative estimate of drug-likeness (QED) is 0.620. The van der Waals surface area contributed by atoms with Gasteiger partial charge in [-0.2, -0.15) is 0 Å². The van der Waals surface area contributed by atoms with Gasteiger partial charge < -0.3 is 20.1 Å². The van der Waals surface area contributed by atoms with Gasteiger partial charge in [-0.3, -0.25) is 0 Å². The summed E-state index contributed by atoms with van der Waals surface area (Å²) in [5.74, 6) is -1.94. The van der Waals surface area contributed by atoms with Crippen LogP contribution in [-0.2, 0) is 4.74 Å². The number of carbonyl (C=O) groups excluding carboxylic acids is 1. The number of carbonyl (C=O) groups is 2. The minimum atomic E-state index is -1.15. The number of aliphatic hydroxyl groups excluding tert-OH is 2. The summed E-state index contributed by atoms with van der Waals surface area (Å²) in [6, 6.07) is 5.30. The van der Waals surface area contributed by atoms with Gasteiger partial charge in [0.05, 0.1) is 24.3 Å². The van der Waals surface area contributed by atoms with Gasteiger partial charge in [-0.25, -0.2) is 9.59 Å². The smallest absolute Gasteiger partial charge is 0.338 e. The number of ether oxygens (including phenoxy) is 1. The van der Waals surface area contributed by atoms with Gasteiger partial charge in [-0.05, 0) is 18.2 Å². The van der Waals surface area contributed by atoms with Gasteiger partial charge in [0, 0.05) is 0 Å². The van der Waals surface area contributed by atoms with Crippen LogP contribution in [0.2, 0.25) is 0 Å². The second kappa shape index (κ2) is 5.97. The molecule has 0 unspecified atom stereocenters. The van der Waals surface area contributed by atoms with Crippen LogP contribution < -0.4 is 0 Å². The molecule has 0 heterocycles. The first-order chi connectivity index (χ1) is 8.08. The van der Waals surface area contributed by atoms with E-state index >= 15 is 0 Å². The number of esters is 1. The Kier molecular flexibility index (Phi) is 4.62. The van der Waals surface area contributed by atoms with Crippen molar-refractivity contribution in [2.75, 3.05) is 13.2 Å². The van der Waals surface area contributed by atoms with Crippen LogP contribution >= 0.6 is 0 Å². The Labute approximate surface area is 97.1 Å². The van der Waals surface area contributed by atoms with Crippen LogP contribution in [0.5, 0.6) is 0 Å². The van der Waals surface area contributed by atoms with Crippen molar-refractivity contribution in [3.8, 4) is 0 Å². The molecule has 17 heavy (non-hydrogen) atoms. The lowest BCUT2D eigenvalue weighted by atomic mass is 10.1. The molecule has 0 saturated heterocycles. The molecule has 0 bridgehead atoms. The van der Waals surface area contributed by atoms with Crippen LogP contribution in [0.15, 0.2) is 24.3 Å². The lowest BCUT2D eigenvalue weighted by Crippen LogP contribution is -2.25. The minimum Gasteiger partial charge on any atom is -0.478 e. The molecule has 6 heteroatoms. The Hall–Kier alpha value is -1.92. The number of aliphatic hydroxyl groups is 2. The van der Waals surface area contributed by atoms with Crippen LogP contribution in [0.25, 0.3) is 0 Å². The molecule has 0 fully saturated rings. The van der Waals surface area contributed by atoms with Gasteiger partial charge in [0.15, 0.2) is 0 Å². The zero-order valence-electron chi connectivity index (χ0n) is 8.87. The first kappa shape index (κ1) is 13.1. The van der Waals surface area contributed by atoms with Crippen LogP contribution in [0.1, 0.15) is 20.7 Å². The molecule has 6 nitrogen and oxygen atoms in total. The Morgan fingerprint density at radius 3 is 2.29 bits per heavy atom. The first-order valence-corrected chi connectivity index (χ1v) is 4.84. The van der Waals surface area contributed by atoms with Gasteiger partial charge in [-0.1, -0.05) is 6.07 Å². The molecular formula is C11H12O6. The molecule has 0 radical (unpaired) electrons. The van der Waals surface area contributed by atoms with Crippen molar-refractivity contribution in [3.05, 3.63) is 35.4 Å². The van der Waals surface area contributed by atoms with Crippen LogP contribution in [-0.4, -0.2) is 46.6 Å².